The highest BCUT2D eigenvalue weighted by Gasteiger charge is 2.47. The standard InChI is InChI=1S/C27H28N2O3/c30-29(31)24-13-7-8-20(18-24)19-32-27-23-14-16-28(17-15-23)26(27)25(21-9-3-1-4-10-21)22-11-5-2-6-12-22/h1-13,18,23,25-27H,14-17,19H2. The van der Waals surface area contributed by atoms with Gasteiger partial charge in [-0.3, -0.25) is 15.0 Å². The topological polar surface area (TPSA) is 55.6 Å². The predicted octanol–water partition coefficient (Wildman–Crippen LogP) is 5.41. The molecule has 2 unspecified atom stereocenters. The van der Waals surface area contributed by atoms with Crippen LogP contribution in [0.4, 0.5) is 5.69 Å². The molecule has 3 aromatic carbocycles. The summed E-state index contributed by atoms with van der Waals surface area (Å²) in [6, 6.07) is 28.5. The SMILES string of the molecule is O=[N+]([O-])c1cccc(COC2C3CCN(CC3)C2C(c2ccccc2)c2ccccc2)c1. The van der Waals surface area contributed by atoms with Gasteiger partial charge in [0.25, 0.3) is 5.69 Å². The van der Waals surface area contributed by atoms with Gasteiger partial charge in [0, 0.05) is 24.1 Å². The van der Waals surface area contributed by atoms with Crippen LogP contribution in [0.3, 0.4) is 0 Å². The Morgan fingerprint density at radius 2 is 1.53 bits per heavy atom. The number of ether oxygens (including phenoxy) is 1. The molecule has 0 spiro atoms. The highest BCUT2D eigenvalue weighted by Crippen LogP contribution is 2.43. The summed E-state index contributed by atoms with van der Waals surface area (Å²) in [5.41, 5.74) is 3.58. The molecule has 6 rings (SSSR count). The lowest BCUT2D eigenvalue weighted by molar-refractivity contribution is -0.385. The van der Waals surface area contributed by atoms with Gasteiger partial charge >= 0.3 is 0 Å². The molecule has 3 saturated heterocycles. The van der Waals surface area contributed by atoms with E-state index in [4.69, 9.17) is 4.74 Å². The van der Waals surface area contributed by atoms with Crippen molar-refractivity contribution in [2.24, 2.45) is 5.92 Å². The first-order valence-corrected chi connectivity index (χ1v) is 11.4. The minimum atomic E-state index is -0.346. The smallest absolute Gasteiger partial charge is 0.269 e. The first kappa shape index (κ1) is 20.9. The van der Waals surface area contributed by atoms with Crippen LogP contribution in [0, 0.1) is 16.0 Å². The van der Waals surface area contributed by atoms with Crippen LogP contribution in [0.5, 0.6) is 0 Å². The molecule has 0 aromatic heterocycles. The average molecular weight is 429 g/mol. The second-order valence-electron chi connectivity index (χ2n) is 8.87. The molecule has 0 radical (unpaired) electrons. The van der Waals surface area contributed by atoms with Crippen LogP contribution < -0.4 is 0 Å². The van der Waals surface area contributed by atoms with Crippen LogP contribution in [0.15, 0.2) is 84.9 Å². The van der Waals surface area contributed by atoms with Crippen LogP contribution in [-0.2, 0) is 11.3 Å². The minimum Gasteiger partial charge on any atom is -0.372 e. The van der Waals surface area contributed by atoms with Crippen LogP contribution in [-0.4, -0.2) is 35.1 Å². The van der Waals surface area contributed by atoms with Gasteiger partial charge in [0.15, 0.2) is 0 Å². The summed E-state index contributed by atoms with van der Waals surface area (Å²) in [7, 11) is 0. The van der Waals surface area contributed by atoms with E-state index in [2.05, 4.69) is 65.6 Å². The Bertz CT molecular complexity index is 1010. The molecule has 3 fully saturated rings. The van der Waals surface area contributed by atoms with Crippen molar-refractivity contribution in [1.29, 1.82) is 0 Å². The van der Waals surface area contributed by atoms with Gasteiger partial charge in [-0.05, 0) is 48.5 Å². The van der Waals surface area contributed by atoms with Crippen molar-refractivity contribution in [3.05, 3.63) is 112 Å². The van der Waals surface area contributed by atoms with Crippen molar-refractivity contribution in [3.8, 4) is 0 Å². The fourth-order valence-electron chi connectivity index (χ4n) is 5.53. The van der Waals surface area contributed by atoms with E-state index in [1.54, 1.807) is 12.1 Å². The number of hydrogen-bond acceptors (Lipinski definition) is 4. The lowest BCUT2D eigenvalue weighted by Gasteiger charge is -2.53. The monoisotopic (exact) mass is 428 g/mol. The number of benzene rings is 3. The molecule has 2 atom stereocenters. The van der Waals surface area contributed by atoms with Crippen molar-refractivity contribution in [2.75, 3.05) is 13.1 Å². The van der Waals surface area contributed by atoms with E-state index in [1.807, 2.05) is 6.07 Å². The van der Waals surface area contributed by atoms with E-state index in [0.29, 0.717) is 12.5 Å². The van der Waals surface area contributed by atoms with Crippen molar-refractivity contribution in [1.82, 2.24) is 4.90 Å². The molecule has 3 aromatic rings. The number of rotatable bonds is 7. The lowest BCUT2D eigenvalue weighted by atomic mass is 9.72. The van der Waals surface area contributed by atoms with Crippen LogP contribution in [0.1, 0.15) is 35.4 Å². The lowest BCUT2D eigenvalue weighted by Crippen LogP contribution is -2.60. The van der Waals surface area contributed by atoms with E-state index in [9.17, 15) is 10.1 Å². The zero-order valence-corrected chi connectivity index (χ0v) is 18.0. The van der Waals surface area contributed by atoms with E-state index in [1.165, 1.54) is 17.2 Å². The Balaban J connectivity index is 1.47. The molecule has 0 aliphatic carbocycles. The fraction of sp³-hybridized carbons (Fsp3) is 0.333. The number of nitro groups is 1. The predicted molar refractivity (Wildman–Crippen MR) is 124 cm³/mol. The Hall–Kier alpha value is -3.02. The fourth-order valence-corrected chi connectivity index (χ4v) is 5.53. The molecule has 3 heterocycles. The number of non-ortho nitro benzene ring substituents is 1. The van der Waals surface area contributed by atoms with Gasteiger partial charge in [0.05, 0.1) is 17.6 Å². The third kappa shape index (κ3) is 4.18. The van der Waals surface area contributed by atoms with E-state index in [-0.39, 0.29) is 28.7 Å². The molecular weight excluding hydrogens is 400 g/mol. The number of nitro benzene ring substituents is 1. The summed E-state index contributed by atoms with van der Waals surface area (Å²) in [6.45, 7) is 2.59. The second kappa shape index (κ2) is 9.23. The Morgan fingerprint density at radius 1 is 0.906 bits per heavy atom. The zero-order chi connectivity index (χ0) is 21.9. The zero-order valence-electron chi connectivity index (χ0n) is 18.0. The number of fused-ring (bicyclic) bond motifs is 3. The molecule has 5 heteroatoms. The van der Waals surface area contributed by atoms with Gasteiger partial charge in [-0.25, -0.2) is 0 Å². The normalized spacial score (nSPS) is 24.5. The third-order valence-corrected chi connectivity index (χ3v) is 7.02. The molecule has 3 aliphatic heterocycles. The first-order chi connectivity index (χ1) is 15.7. The van der Waals surface area contributed by atoms with Crippen molar-refractivity contribution < 1.29 is 9.66 Å². The van der Waals surface area contributed by atoms with E-state index in [0.717, 1.165) is 31.5 Å². The maximum Gasteiger partial charge on any atom is 0.269 e. The van der Waals surface area contributed by atoms with Gasteiger partial charge < -0.3 is 4.74 Å². The van der Waals surface area contributed by atoms with E-state index < -0.39 is 0 Å². The van der Waals surface area contributed by atoms with Gasteiger partial charge in [-0.2, -0.15) is 0 Å². The number of hydrogen-bond donors (Lipinski definition) is 0. The highest BCUT2D eigenvalue weighted by molar-refractivity contribution is 5.36. The summed E-state index contributed by atoms with van der Waals surface area (Å²) in [5, 5.41) is 11.2. The average Bonchev–Trinajstić information content (AvgIpc) is 2.85. The Morgan fingerprint density at radius 3 is 2.12 bits per heavy atom. The van der Waals surface area contributed by atoms with Crippen LogP contribution in [0.25, 0.3) is 0 Å². The molecule has 5 nitrogen and oxygen atoms in total. The minimum absolute atomic E-state index is 0.0853. The summed E-state index contributed by atoms with van der Waals surface area (Å²) < 4.78 is 6.61. The first-order valence-electron chi connectivity index (χ1n) is 11.4. The largest absolute Gasteiger partial charge is 0.372 e. The van der Waals surface area contributed by atoms with Gasteiger partial charge in [0.1, 0.15) is 0 Å². The molecule has 0 saturated carbocycles. The molecule has 32 heavy (non-hydrogen) atoms. The van der Waals surface area contributed by atoms with Crippen LogP contribution in [0.2, 0.25) is 0 Å². The maximum absolute atomic E-state index is 11.2. The summed E-state index contributed by atoms with van der Waals surface area (Å²) in [5.74, 6) is 0.731. The van der Waals surface area contributed by atoms with Crippen molar-refractivity contribution >= 4 is 5.69 Å². The number of piperidine rings is 3. The van der Waals surface area contributed by atoms with Gasteiger partial charge in [-0.1, -0.05) is 72.8 Å². The second-order valence-corrected chi connectivity index (χ2v) is 8.87. The van der Waals surface area contributed by atoms with E-state index >= 15 is 0 Å². The maximum atomic E-state index is 11.2. The Labute approximate surface area is 188 Å². The molecular formula is C27H28N2O3. The third-order valence-electron chi connectivity index (χ3n) is 7.02. The van der Waals surface area contributed by atoms with Crippen molar-refractivity contribution in [2.45, 2.75) is 37.5 Å². The molecule has 0 amide bonds. The quantitative estimate of drug-likeness (QED) is 0.373. The van der Waals surface area contributed by atoms with Crippen LogP contribution >= 0.6 is 0 Å². The van der Waals surface area contributed by atoms with Crippen molar-refractivity contribution in [3.63, 3.8) is 0 Å². The molecule has 164 valence electrons. The molecule has 2 bridgehead atoms. The number of nitrogens with zero attached hydrogens (tertiary/aromatic N) is 2. The summed E-state index contributed by atoms with van der Waals surface area (Å²) >= 11 is 0. The summed E-state index contributed by atoms with van der Waals surface area (Å²) in [4.78, 5) is 13.4. The van der Waals surface area contributed by atoms with Gasteiger partial charge in [-0.15, -0.1) is 0 Å². The highest BCUT2D eigenvalue weighted by atomic mass is 16.6. The molecule has 0 N–H and O–H groups in total. The summed E-state index contributed by atoms with van der Waals surface area (Å²) in [6.07, 6.45) is 2.38. The Kier molecular flexibility index (Phi) is 6.02. The van der Waals surface area contributed by atoms with Gasteiger partial charge in [0.2, 0.25) is 0 Å². The molecule has 3 aliphatic rings.